The van der Waals surface area contributed by atoms with Crippen LogP contribution < -0.4 is 5.32 Å². The van der Waals surface area contributed by atoms with Crippen molar-refractivity contribution >= 4 is 18.1 Å². The predicted molar refractivity (Wildman–Crippen MR) is 62.5 cm³/mol. The molecule has 0 spiro atoms. The van der Waals surface area contributed by atoms with Crippen LogP contribution in [0.3, 0.4) is 0 Å². The van der Waals surface area contributed by atoms with Crippen LogP contribution in [0.25, 0.3) is 0 Å². The van der Waals surface area contributed by atoms with Gasteiger partial charge in [-0.05, 0) is 12.3 Å². The van der Waals surface area contributed by atoms with Crippen molar-refractivity contribution in [2.75, 3.05) is 19.7 Å². The van der Waals surface area contributed by atoms with Gasteiger partial charge in [0, 0.05) is 6.21 Å². The number of ether oxygens (including phenoxy) is 1. The number of nitrogens with one attached hydrogen (secondary N) is 1. The Morgan fingerprint density at radius 1 is 1.38 bits per heavy atom. The van der Waals surface area contributed by atoms with Gasteiger partial charge in [-0.1, -0.05) is 20.8 Å². The van der Waals surface area contributed by atoms with E-state index in [2.05, 4.69) is 15.0 Å². The van der Waals surface area contributed by atoms with E-state index in [-0.39, 0.29) is 24.4 Å². The maximum absolute atomic E-state index is 11.2. The van der Waals surface area contributed by atoms with Gasteiger partial charge in [0.25, 0.3) is 0 Å². The summed E-state index contributed by atoms with van der Waals surface area (Å²) in [5.74, 6) is -0.718. The summed E-state index contributed by atoms with van der Waals surface area (Å²) in [6.45, 7) is 7.95. The summed E-state index contributed by atoms with van der Waals surface area (Å²) in [6.07, 6.45) is 1.72. The summed E-state index contributed by atoms with van der Waals surface area (Å²) >= 11 is 0. The molecule has 92 valence electrons. The molecule has 0 unspecified atom stereocenters. The van der Waals surface area contributed by atoms with Gasteiger partial charge in [0.2, 0.25) is 5.91 Å². The lowest BCUT2D eigenvalue weighted by molar-refractivity contribution is -0.143. The van der Waals surface area contributed by atoms with Crippen molar-refractivity contribution in [1.29, 1.82) is 0 Å². The van der Waals surface area contributed by atoms with Crippen molar-refractivity contribution in [2.45, 2.75) is 27.7 Å². The first kappa shape index (κ1) is 14.6. The molecule has 0 saturated heterocycles. The maximum Gasteiger partial charge on any atom is 0.325 e. The van der Waals surface area contributed by atoms with Gasteiger partial charge >= 0.3 is 5.97 Å². The quantitative estimate of drug-likeness (QED) is 0.558. The monoisotopic (exact) mass is 228 g/mol. The van der Waals surface area contributed by atoms with Crippen LogP contribution in [0.5, 0.6) is 0 Å². The summed E-state index contributed by atoms with van der Waals surface area (Å²) in [5, 5.41) is 2.43. The van der Waals surface area contributed by atoms with E-state index in [0.717, 1.165) is 0 Å². The lowest BCUT2D eigenvalue weighted by Gasteiger charge is -2.09. The van der Waals surface area contributed by atoms with E-state index in [9.17, 15) is 9.59 Å². The number of hydrogen-bond donors (Lipinski definition) is 1. The number of carbonyl (C=O) groups is 2. The average Bonchev–Trinajstić information content (AvgIpc) is 2.13. The summed E-state index contributed by atoms with van der Waals surface area (Å²) in [6, 6.07) is 0. The first-order valence-electron chi connectivity index (χ1n) is 5.28. The van der Waals surface area contributed by atoms with Crippen LogP contribution in [0, 0.1) is 5.41 Å². The Morgan fingerprint density at radius 3 is 2.50 bits per heavy atom. The molecular weight excluding hydrogens is 208 g/mol. The minimum absolute atomic E-state index is 0.0384. The van der Waals surface area contributed by atoms with Crippen LogP contribution in [0.1, 0.15) is 27.7 Å². The molecule has 0 aromatic rings. The molecule has 0 aromatic heterocycles. The summed E-state index contributed by atoms with van der Waals surface area (Å²) in [5.41, 5.74) is -0.0403. The Labute approximate surface area is 96.3 Å². The molecule has 16 heavy (non-hydrogen) atoms. The summed E-state index contributed by atoms with van der Waals surface area (Å²) in [4.78, 5) is 26.1. The average molecular weight is 228 g/mol. The van der Waals surface area contributed by atoms with Crippen LogP contribution in [0.4, 0.5) is 0 Å². The van der Waals surface area contributed by atoms with Crippen molar-refractivity contribution in [2.24, 2.45) is 10.4 Å². The largest absolute Gasteiger partial charge is 0.465 e. The normalized spacial score (nSPS) is 11.5. The van der Waals surface area contributed by atoms with Crippen molar-refractivity contribution in [3.05, 3.63) is 0 Å². The van der Waals surface area contributed by atoms with Gasteiger partial charge in [0.15, 0.2) is 0 Å². The van der Waals surface area contributed by atoms with Crippen LogP contribution in [-0.2, 0) is 14.3 Å². The van der Waals surface area contributed by atoms with E-state index < -0.39 is 5.97 Å². The van der Waals surface area contributed by atoms with Gasteiger partial charge in [0.05, 0.1) is 6.61 Å². The second-order valence-corrected chi connectivity index (χ2v) is 4.42. The minimum Gasteiger partial charge on any atom is -0.465 e. The summed E-state index contributed by atoms with van der Waals surface area (Å²) < 4.78 is 4.66. The molecule has 0 aliphatic carbocycles. The third-order valence-electron chi connectivity index (χ3n) is 1.45. The van der Waals surface area contributed by atoms with Crippen molar-refractivity contribution in [1.82, 2.24) is 5.32 Å². The fraction of sp³-hybridized carbons (Fsp3) is 0.727. The van der Waals surface area contributed by atoms with E-state index in [0.29, 0.717) is 6.61 Å². The smallest absolute Gasteiger partial charge is 0.325 e. The van der Waals surface area contributed by atoms with Gasteiger partial charge in [-0.2, -0.15) is 0 Å². The zero-order chi connectivity index (χ0) is 12.6. The van der Waals surface area contributed by atoms with Crippen LogP contribution in [0.15, 0.2) is 4.99 Å². The standard InChI is InChI=1S/C11H20N2O3/c1-5-16-10(15)7-13-9(14)6-12-8-11(2,3)4/h8H,5-7H2,1-4H3,(H,13,14). The highest BCUT2D eigenvalue weighted by Gasteiger charge is 2.07. The lowest BCUT2D eigenvalue weighted by atomic mass is 9.99. The highest BCUT2D eigenvalue weighted by molar-refractivity contribution is 5.84. The van der Waals surface area contributed by atoms with E-state index >= 15 is 0 Å². The van der Waals surface area contributed by atoms with Gasteiger partial charge in [-0.15, -0.1) is 0 Å². The number of hydrogen-bond acceptors (Lipinski definition) is 4. The van der Waals surface area contributed by atoms with Gasteiger partial charge in [-0.25, -0.2) is 0 Å². The summed E-state index contributed by atoms with van der Waals surface area (Å²) in [7, 11) is 0. The molecule has 0 saturated carbocycles. The fourth-order valence-corrected chi connectivity index (χ4v) is 0.841. The van der Waals surface area contributed by atoms with Crippen molar-refractivity contribution < 1.29 is 14.3 Å². The zero-order valence-electron chi connectivity index (χ0n) is 10.4. The van der Waals surface area contributed by atoms with E-state index in [1.165, 1.54) is 0 Å². The molecule has 0 rings (SSSR count). The lowest BCUT2D eigenvalue weighted by Crippen LogP contribution is -2.32. The molecule has 0 heterocycles. The fourth-order valence-electron chi connectivity index (χ4n) is 0.841. The second kappa shape index (κ2) is 6.98. The Hall–Kier alpha value is -1.39. The molecule has 0 aliphatic heterocycles. The Bertz CT molecular complexity index is 267. The topological polar surface area (TPSA) is 67.8 Å². The number of esters is 1. The molecule has 5 heteroatoms. The molecular formula is C11H20N2O3. The highest BCUT2D eigenvalue weighted by Crippen LogP contribution is 2.07. The highest BCUT2D eigenvalue weighted by atomic mass is 16.5. The van der Waals surface area contributed by atoms with Crippen molar-refractivity contribution in [3.8, 4) is 0 Å². The number of amides is 1. The number of aliphatic imine (C=N–C) groups is 1. The molecule has 0 atom stereocenters. The Kier molecular flexibility index (Phi) is 6.37. The second-order valence-electron chi connectivity index (χ2n) is 4.42. The number of nitrogens with zero attached hydrogens (tertiary/aromatic N) is 1. The zero-order valence-corrected chi connectivity index (χ0v) is 10.4. The van der Waals surface area contributed by atoms with E-state index in [4.69, 9.17) is 0 Å². The Balaban J connectivity index is 3.76. The third-order valence-corrected chi connectivity index (χ3v) is 1.45. The molecule has 0 bridgehead atoms. The predicted octanol–water partition coefficient (Wildman–Crippen LogP) is 0.783. The van der Waals surface area contributed by atoms with E-state index in [1.54, 1.807) is 13.1 Å². The molecule has 5 nitrogen and oxygen atoms in total. The van der Waals surface area contributed by atoms with Crippen molar-refractivity contribution in [3.63, 3.8) is 0 Å². The first-order chi connectivity index (χ1) is 7.35. The van der Waals surface area contributed by atoms with Crippen LogP contribution in [0.2, 0.25) is 0 Å². The molecule has 0 fully saturated rings. The number of rotatable bonds is 5. The maximum atomic E-state index is 11.2. The number of carbonyl (C=O) groups excluding carboxylic acids is 2. The molecule has 1 amide bonds. The molecule has 0 radical (unpaired) electrons. The van der Waals surface area contributed by atoms with E-state index in [1.807, 2.05) is 20.8 Å². The molecule has 1 N–H and O–H groups in total. The Morgan fingerprint density at radius 2 is 2.00 bits per heavy atom. The SMILES string of the molecule is CCOC(=O)CNC(=O)CN=CC(C)(C)C. The first-order valence-corrected chi connectivity index (χ1v) is 5.28. The van der Waals surface area contributed by atoms with Gasteiger partial charge in [0.1, 0.15) is 13.1 Å². The van der Waals surface area contributed by atoms with Gasteiger partial charge in [-0.3, -0.25) is 14.6 Å². The molecule has 0 aromatic carbocycles. The molecule has 0 aliphatic rings. The minimum atomic E-state index is -0.435. The van der Waals surface area contributed by atoms with Crippen LogP contribution >= 0.6 is 0 Å². The van der Waals surface area contributed by atoms with Crippen LogP contribution in [-0.4, -0.2) is 37.8 Å². The van der Waals surface area contributed by atoms with Gasteiger partial charge < -0.3 is 10.1 Å². The third kappa shape index (κ3) is 9.18.